The molecule has 4 N–H and O–H groups in total. The van der Waals surface area contributed by atoms with Gasteiger partial charge in [-0.2, -0.15) is 0 Å². The van der Waals surface area contributed by atoms with Crippen molar-refractivity contribution in [1.82, 2.24) is 4.98 Å². The van der Waals surface area contributed by atoms with Crippen molar-refractivity contribution in [1.29, 1.82) is 0 Å². The molecule has 27 heavy (non-hydrogen) atoms. The highest BCUT2D eigenvalue weighted by molar-refractivity contribution is 7.19. The summed E-state index contributed by atoms with van der Waals surface area (Å²) in [4.78, 5) is 17.2. The number of fused-ring (bicyclic) bond motifs is 1. The molecule has 0 spiro atoms. The van der Waals surface area contributed by atoms with Crippen molar-refractivity contribution < 1.29 is 14.3 Å². The first kappa shape index (κ1) is 16.9. The molecule has 0 saturated heterocycles. The number of hydrogen-bond acceptors (Lipinski definition) is 8. The summed E-state index contributed by atoms with van der Waals surface area (Å²) in [5.74, 6) is 1.32. The van der Waals surface area contributed by atoms with Gasteiger partial charge >= 0.3 is 0 Å². The number of hydrogen-bond donors (Lipinski definition) is 3. The lowest BCUT2D eigenvalue weighted by atomic mass is 10.2. The van der Waals surface area contributed by atoms with Gasteiger partial charge in [-0.15, -0.1) is 0 Å². The van der Waals surface area contributed by atoms with E-state index in [-0.39, 0.29) is 22.6 Å². The van der Waals surface area contributed by atoms with Crippen molar-refractivity contribution in [2.24, 2.45) is 0 Å². The van der Waals surface area contributed by atoms with E-state index >= 15 is 0 Å². The van der Waals surface area contributed by atoms with E-state index in [0.29, 0.717) is 21.2 Å². The van der Waals surface area contributed by atoms with Crippen molar-refractivity contribution in [2.75, 3.05) is 18.2 Å². The van der Waals surface area contributed by atoms with Gasteiger partial charge in [-0.25, -0.2) is 4.98 Å². The van der Waals surface area contributed by atoms with Crippen LogP contribution in [0.3, 0.4) is 0 Å². The van der Waals surface area contributed by atoms with Gasteiger partial charge in [0, 0.05) is 17.8 Å². The number of nitrogen functional groups attached to an aromatic ring is 1. The molecule has 4 rings (SSSR count). The highest BCUT2D eigenvalue weighted by atomic mass is 32.1. The van der Waals surface area contributed by atoms with Gasteiger partial charge in [0.05, 0.1) is 12.5 Å². The SMILES string of the molecule is COc1ccc(Nc2nc(N)c(-c3cc(=O)c4ccc(O)cc4o3)s2)cc1. The third-order valence-corrected chi connectivity index (χ3v) is 4.93. The number of nitrogens with one attached hydrogen (secondary N) is 1. The normalized spacial score (nSPS) is 10.9. The van der Waals surface area contributed by atoms with Crippen molar-refractivity contribution in [3.05, 3.63) is 58.8 Å². The second kappa shape index (κ2) is 6.65. The van der Waals surface area contributed by atoms with Gasteiger partial charge in [0.25, 0.3) is 0 Å². The maximum atomic E-state index is 12.3. The van der Waals surface area contributed by atoms with E-state index < -0.39 is 0 Å². The molecule has 0 fully saturated rings. The van der Waals surface area contributed by atoms with E-state index in [1.807, 2.05) is 24.3 Å². The number of aromatic nitrogens is 1. The Bertz CT molecular complexity index is 1180. The van der Waals surface area contributed by atoms with Crippen molar-refractivity contribution in [3.8, 4) is 22.1 Å². The Balaban J connectivity index is 1.70. The highest BCUT2D eigenvalue weighted by Gasteiger charge is 2.15. The van der Waals surface area contributed by atoms with Gasteiger partial charge in [-0.05, 0) is 36.4 Å². The molecule has 0 radical (unpaired) electrons. The predicted octanol–water partition coefficient (Wildman–Crippen LogP) is 3.96. The van der Waals surface area contributed by atoms with E-state index in [2.05, 4.69) is 10.3 Å². The summed E-state index contributed by atoms with van der Waals surface area (Å²) >= 11 is 1.27. The van der Waals surface area contributed by atoms with Crippen LogP contribution in [0, 0.1) is 0 Å². The van der Waals surface area contributed by atoms with Gasteiger partial charge in [-0.1, -0.05) is 11.3 Å². The number of thiazole rings is 1. The second-order valence-corrected chi connectivity index (χ2v) is 6.74. The summed E-state index contributed by atoms with van der Waals surface area (Å²) in [6.45, 7) is 0. The minimum Gasteiger partial charge on any atom is -0.508 e. The fraction of sp³-hybridized carbons (Fsp3) is 0.0526. The Labute approximate surface area is 157 Å². The fourth-order valence-corrected chi connectivity index (χ4v) is 3.47. The topological polar surface area (TPSA) is 111 Å². The number of nitrogens with two attached hydrogens (primary N) is 1. The number of aromatic hydroxyl groups is 1. The molecule has 0 aliphatic rings. The molecule has 0 amide bonds. The Hall–Kier alpha value is -3.52. The molecule has 4 aromatic rings. The lowest BCUT2D eigenvalue weighted by Crippen LogP contribution is -2.00. The summed E-state index contributed by atoms with van der Waals surface area (Å²) in [6.07, 6.45) is 0. The maximum absolute atomic E-state index is 12.3. The Morgan fingerprint density at radius 1 is 1.19 bits per heavy atom. The molecule has 7 nitrogen and oxygen atoms in total. The van der Waals surface area contributed by atoms with Gasteiger partial charge in [0.2, 0.25) is 0 Å². The first-order valence-electron chi connectivity index (χ1n) is 7.98. The zero-order valence-corrected chi connectivity index (χ0v) is 15.0. The van der Waals surface area contributed by atoms with E-state index in [4.69, 9.17) is 14.9 Å². The molecule has 8 heteroatoms. The van der Waals surface area contributed by atoms with Crippen molar-refractivity contribution in [3.63, 3.8) is 0 Å². The molecule has 0 aliphatic heterocycles. The molecule has 136 valence electrons. The standard InChI is InChI=1S/C19H15N3O4S/c1-25-12-5-2-10(3-6-12)21-19-22-18(20)17(27-19)16-9-14(24)13-7-4-11(23)8-15(13)26-16/h2-9,23H,20H2,1H3,(H,21,22). The first-order chi connectivity index (χ1) is 13.0. The van der Waals surface area contributed by atoms with Crippen molar-refractivity contribution in [2.45, 2.75) is 0 Å². The van der Waals surface area contributed by atoms with E-state index in [1.54, 1.807) is 7.11 Å². The maximum Gasteiger partial charge on any atom is 0.193 e. The molecular formula is C19H15N3O4S. The number of methoxy groups -OCH3 is 1. The quantitative estimate of drug-likeness (QED) is 0.491. The zero-order chi connectivity index (χ0) is 19.0. The number of nitrogens with zero attached hydrogens (tertiary/aromatic N) is 1. The summed E-state index contributed by atoms with van der Waals surface area (Å²) in [5.41, 5.74) is 6.91. The van der Waals surface area contributed by atoms with E-state index in [1.165, 1.54) is 35.6 Å². The predicted molar refractivity (Wildman–Crippen MR) is 106 cm³/mol. The number of benzene rings is 2. The van der Waals surface area contributed by atoms with Gasteiger partial charge in [0.15, 0.2) is 16.3 Å². The summed E-state index contributed by atoms with van der Waals surface area (Å²) in [7, 11) is 1.60. The molecule has 0 saturated carbocycles. The number of anilines is 3. The van der Waals surface area contributed by atoms with Crippen LogP contribution < -0.4 is 21.2 Å². The molecule has 0 bridgehead atoms. The van der Waals surface area contributed by atoms with Gasteiger partial charge < -0.3 is 25.3 Å². The first-order valence-corrected chi connectivity index (χ1v) is 8.80. The van der Waals surface area contributed by atoms with Crippen LogP contribution in [-0.4, -0.2) is 17.2 Å². The fourth-order valence-electron chi connectivity index (χ4n) is 2.62. The van der Waals surface area contributed by atoms with Crippen LogP contribution in [-0.2, 0) is 0 Å². The van der Waals surface area contributed by atoms with Gasteiger partial charge in [-0.3, -0.25) is 4.79 Å². The molecule has 2 heterocycles. The average molecular weight is 381 g/mol. The van der Waals surface area contributed by atoms with E-state index in [9.17, 15) is 9.90 Å². The van der Waals surface area contributed by atoms with Crippen LogP contribution in [0.25, 0.3) is 21.6 Å². The molecule has 0 atom stereocenters. The van der Waals surface area contributed by atoms with Crippen LogP contribution >= 0.6 is 11.3 Å². The zero-order valence-electron chi connectivity index (χ0n) is 14.2. The van der Waals surface area contributed by atoms with Gasteiger partial charge in [0.1, 0.15) is 27.8 Å². The van der Waals surface area contributed by atoms with Crippen LogP contribution in [0.5, 0.6) is 11.5 Å². The highest BCUT2D eigenvalue weighted by Crippen LogP contribution is 2.37. The molecule has 2 aromatic heterocycles. The third kappa shape index (κ3) is 3.30. The number of phenolic OH excluding ortho intramolecular Hbond substituents is 1. The van der Waals surface area contributed by atoms with Crippen LogP contribution in [0.15, 0.2) is 57.7 Å². The molecule has 2 aromatic carbocycles. The molecule has 0 aliphatic carbocycles. The van der Waals surface area contributed by atoms with E-state index in [0.717, 1.165) is 11.4 Å². The second-order valence-electron chi connectivity index (χ2n) is 5.74. The monoisotopic (exact) mass is 381 g/mol. The minimum absolute atomic E-state index is 0.0157. The van der Waals surface area contributed by atoms with Crippen molar-refractivity contribution >= 4 is 38.9 Å². The smallest absolute Gasteiger partial charge is 0.193 e. The molecular weight excluding hydrogens is 366 g/mol. The average Bonchev–Trinajstić information content (AvgIpc) is 3.02. The van der Waals surface area contributed by atoms with Crippen LogP contribution in [0.2, 0.25) is 0 Å². The minimum atomic E-state index is -0.219. The Kier molecular flexibility index (Phi) is 4.17. The Morgan fingerprint density at radius 3 is 2.70 bits per heavy atom. The lowest BCUT2D eigenvalue weighted by molar-refractivity contribution is 0.415. The summed E-state index contributed by atoms with van der Waals surface area (Å²) in [6, 6.07) is 13.1. The van der Waals surface area contributed by atoms with Crippen LogP contribution in [0.1, 0.15) is 0 Å². The Morgan fingerprint density at radius 2 is 1.96 bits per heavy atom. The molecule has 0 unspecified atom stereocenters. The number of phenols is 1. The summed E-state index contributed by atoms with van der Waals surface area (Å²) in [5, 5.41) is 13.7. The largest absolute Gasteiger partial charge is 0.508 e. The lowest BCUT2D eigenvalue weighted by Gasteiger charge is -2.03. The number of ether oxygens (including phenoxy) is 1. The third-order valence-electron chi connectivity index (χ3n) is 3.93. The summed E-state index contributed by atoms with van der Waals surface area (Å²) < 4.78 is 10.9. The van der Waals surface area contributed by atoms with Crippen LogP contribution in [0.4, 0.5) is 16.6 Å². The number of rotatable bonds is 4.